The maximum absolute atomic E-state index is 13.8. The number of hydrogen-bond acceptors (Lipinski definition) is 3. The van der Waals surface area contributed by atoms with Gasteiger partial charge in [-0.1, -0.05) is 47.5 Å². The van der Waals surface area contributed by atoms with E-state index in [1.165, 1.54) is 6.07 Å². The Hall–Kier alpha value is -3.00. The molecule has 162 valence electrons. The van der Waals surface area contributed by atoms with Crippen LogP contribution < -0.4 is 10.6 Å². The van der Waals surface area contributed by atoms with Crippen LogP contribution in [0.4, 0.5) is 24.7 Å². The second kappa shape index (κ2) is 7.92. The standard InChI is InChI=1S/C22H20ClF3N4O/c1-12-3-6-14(7-4-12)17-10-19(22(24,25)26)30-20(28-17)11-18(29-30)21(31)27-15-8-5-13(2)16(23)9-15/h3-9,11,17,19,28H,10H2,1-2H3,(H,27,31)/t17-,19-/m0/s1. The topological polar surface area (TPSA) is 59.0 Å². The summed E-state index contributed by atoms with van der Waals surface area (Å²) in [5, 5.41) is 10.2. The molecule has 2 N–H and O–H groups in total. The Kier molecular flexibility index (Phi) is 5.43. The average Bonchev–Trinajstić information content (AvgIpc) is 3.14. The van der Waals surface area contributed by atoms with E-state index in [1.807, 2.05) is 26.0 Å². The van der Waals surface area contributed by atoms with Crippen LogP contribution in [-0.4, -0.2) is 21.9 Å². The summed E-state index contributed by atoms with van der Waals surface area (Å²) in [4.78, 5) is 12.6. The van der Waals surface area contributed by atoms with Gasteiger partial charge in [0.1, 0.15) is 5.82 Å². The van der Waals surface area contributed by atoms with E-state index in [2.05, 4.69) is 15.7 Å². The fraction of sp³-hybridized carbons (Fsp3) is 0.273. The van der Waals surface area contributed by atoms with Gasteiger partial charge in [0.2, 0.25) is 0 Å². The second-order valence-corrected chi connectivity index (χ2v) is 8.09. The van der Waals surface area contributed by atoms with E-state index in [-0.39, 0.29) is 17.9 Å². The molecular formula is C22H20ClF3N4O. The lowest BCUT2D eigenvalue weighted by Gasteiger charge is -2.33. The van der Waals surface area contributed by atoms with Crippen LogP contribution in [0, 0.1) is 13.8 Å². The Labute approximate surface area is 182 Å². The molecule has 2 heterocycles. The Bertz CT molecular complexity index is 1120. The van der Waals surface area contributed by atoms with Crippen molar-refractivity contribution >= 4 is 29.0 Å². The van der Waals surface area contributed by atoms with Crippen molar-refractivity contribution in [1.29, 1.82) is 0 Å². The number of carbonyl (C=O) groups is 1. The summed E-state index contributed by atoms with van der Waals surface area (Å²) < 4.78 is 42.3. The second-order valence-electron chi connectivity index (χ2n) is 7.68. The summed E-state index contributed by atoms with van der Waals surface area (Å²) in [5.74, 6) is -0.470. The van der Waals surface area contributed by atoms with Gasteiger partial charge in [-0.15, -0.1) is 0 Å². The molecule has 1 amide bonds. The van der Waals surface area contributed by atoms with Gasteiger partial charge in [-0.05, 0) is 37.1 Å². The van der Waals surface area contributed by atoms with Crippen molar-refractivity contribution in [1.82, 2.24) is 9.78 Å². The highest BCUT2D eigenvalue weighted by Gasteiger charge is 2.46. The monoisotopic (exact) mass is 448 g/mol. The lowest BCUT2D eigenvalue weighted by Crippen LogP contribution is -2.35. The number of halogens is 4. The first-order valence-corrected chi connectivity index (χ1v) is 10.1. The Morgan fingerprint density at radius 3 is 2.52 bits per heavy atom. The third kappa shape index (κ3) is 4.39. The molecule has 0 fully saturated rings. The number of anilines is 2. The molecule has 31 heavy (non-hydrogen) atoms. The smallest absolute Gasteiger partial charge is 0.363 e. The largest absolute Gasteiger partial charge is 0.410 e. The first-order valence-electron chi connectivity index (χ1n) is 9.68. The number of amides is 1. The highest BCUT2D eigenvalue weighted by atomic mass is 35.5. The molecule has 2 aromatic carbocycles. The molecular weight excluding hydrogens is 429 g/mol. The lowest BCUT2D eigenvalue weighted by molar-refractivity contribution is -0.173. The van der Waals surface area contributed by atoms with Crippen molar-refractivity contribution in [3.05, 3.63) is 75.9 Å². The quantitative estimate of drug-likeness (QED) is 0.511. The zero-order valence-electron chi connectivity index (χ0n) is 16.8. The van der Waals surface area contributed by atoms with Gasteiger partial charge >= 0.3 is 6.18 Å². The minimum Gasteiger partial charge on any atom is -0.363 e. The van der Waals surface area contributed by atoms with Crippen LogP contribution in [-0.2, 0) is 0 Å². The number of nitrogens with zero attached hydrogens (tertiary/aromatic N) is 2. The van der Waals surface area contributed by atoms with Crippen LogP contribution in [0.15, 0.2) is 48.5 Å². The molecule has 3 aromatic rings. The van der Waals surface area contributed by atoms with Crippen LogP contribution in [0.3, 0.4) is 0 Å². The molecule has 1 aliphatic rings. The van der Waals surface area contributed by atoms with Crippen LogP contribution in [0.25, 0.3) is 0 Å². The number of carbonyl (C=O) groups excluding carboxylic acids is 1. The van der Waals surface area contributed by atoms with E-state index in [0.717, 1.165) is 21.4 Å². The lowest BCUT2D eigenvalue weighted by atomic mass is 9.96. The van der Waals surface area contributed by atoms with E-state index in [4.69, 9.17) is 11.6 Å². The average molecular weight is 449 g/mol. The van der Waals surface area contributed by atoms with E-state index >= 15 is 0 Å². The number of aromatic nitrogens is 2. The first kappa shape index (κ1) is 21.2. The Morgan fingerprint density at radius 1 is 1.16 bits per heavy atom. The molecule has 4 rings (SSSR count). The molecule has 0 radical (unpaired) electrons. The molecule has 1 aliphatic heterocycles. The van der Waals surface area contributed by atoms with Crippen molar-refractivity contribution in [2.24, 2.45) is 0 Å². The van der Waals surface area contributed by atoms with Crippen LogP contribution in [0.5, 0.6) is 0 Å². The fourth-order valence-electron chi connectivity index (χ4n) is 3.57. The number of aryl methyl sites for hydroxylation is 2. The first-order chi connectivity index (χ1) is 14.6. The third-order valence-electron chi connectivity index (χ3n) is 5.33. The molecule has 5 nitrogen and oxygen atoms in total. The molecule has 0 unspecified atom stereocenters. The predicted octanol–water partition coefficient (Wildman–Crippen LogP) is 6.07. The minimum absolute atomic E-state index is 0.113. The molecule has 0 saturated heterocycles. The number of fused-ring (bicyclic) bond motifs is 1. The van der Waals surface area contributed by atoms with Crippen molar-refractivity contribution in [2.45, 2.75) is 38.5 Å². The van der Waals surface area contributed by atoms with E-state index in [1.54, 1.807) is 30.3 Å². The summed E-state index contributed by atoms with van der Waals surface area (Å²) in [6.07, 6.45) is -4.74. The Morgan fingerprint density at radius 2 is 1.87 bits per heavy atom. The molecule has 0 aliphatic carbocycles. The molecule has 9 heteroatoms. The van der Waals surface area contributed by atoms with E-state index < -0.39 is 24.2 Å². The molecule has 0 saturated carbocycles. The summed E-state index contributed by atoms with van der Waals surface area (Å²) in [6.45, 7) is 3.74. The summed E-state index contributed by atoms with van der Waals surface area (Å²) in [6, 6.07) is 11.3. The van der Waals surface area contributed by atoms with Crippen molar-refractivity contribution < 1.29 is 18.0 Å². The highest BCUT2D eigenvalue weighted by molar-refractivity contribution is 6.31. The van der Waals surface area contributed by atoms with E-state index in [0.29, 0.717) is 10.7 Å². The maximum atomic E-state index is 13.8. The fourth-order valence-corrected chi connectivity index (χ4v) is 3.75. The van der Waals surface area contributed by atoms with Gasteiger partial charge in [0.05, 0.1) is 6.04 Å². The van der Waals surface area contributed by atoms with E-state index in [9.17, 15) is 18.0 Å². The van der Waals surface area contributed by atoms with Crippen molar-refractivity contribution in [2.75, 3.05) is 10.6 Å². The molecule has 0 bridgehead atoms. The minimum atomic E-state index is -4.51. The van der Waals surface area contributed by atoms with Crippen LogP contribution in [0.2, 0.25) is 5.02 Å². The van der Waals surface area contributed by atoms with Crippen LogP contribution >= 0.6 is 11.6 Å². The van der Waals surface area contributed by atoms with Gasteiger partial charge in [0, 0.05) is 23.2 Å². The predicted molar refractivity (Wildman–Crippen MR) is 114 cm³/mol. The van der Waals surface area contributed by atoms with Gasteiger partial charge in [-0.25, -0.2) is 4.68 Å². The van der Waals surface area contributed by atoms with Crippen molar-refractivity contribution in [3.8, 4) is 0 Å². The van der Waals surface area contributed by atoms with Crippen LogP contribution in [0.1, 0.15) is 45.7 Å². The summed E-state index contributed by atoms with van der Waals surface area (Å²) in [5.41, 5.74) is 2.93. The normalized spacial score (nSPS) is 18.3. The van der Waals surface area contributed by atoms with Gasteiger partial charge in [0.25, 0.3) is 5.91 Å². The highest BCUT2D eigenvalue weighted by Crippen LogP contribution is 2.43. The number of alkyl halides is 3. The SMILES string of the molecule is Cc1ccc([C@@H]2C[C@@H](C(F)(F)F)n3nc(C(=O)Nc4ccc(C)c(Cl)c4)cc3N2)cc1. The van der Waals surface area contributed by atoms with Gasteiger partial charge in [-0.2, -0.15) is 18.3 Å². The summed E-state index contributed by atoms with van der Waals surface area (Å²) in [7, 11) is 0. The van der Waals surface area contributed by atoms with Gasteiger partial charge in [0.15, 0.2) is 11.7 Å². The zero-order chi connectivity index (χ0) is 22.3. The third-order valence-corrected chi connectivity index (χ3v) is 5.74. The number of rotatable bonds is 3. The maximum Gasteiger partial charge on any atom is 0.410 e. The van der Waals surface area contributed by atoms with Crippen molar-refractivity contribution in [3.63, 3.8) is 0 Å². The zero-order valence-corrected chi connectivity index (χ0v) is 17.6. The molecule has 1 aromatic heterocycles. The number of benzene rings is 2. The van der Waals surface area contributed by atoms with Gasteiger partial charge < -0.3 is 10.6 Å². The Balaban J connectivity index is 1.63. The molecule has 0 spiro atoms. The number of nitrogens with one attached hydrogen (secondary N) is 2. The molecule has 2 atom stereocenters. The number of hydrogen-bond donors (Lipinski definition) is 2. The summed E-state index contributed by atoms with van der Waals surface area (Å²) >= 11 is 6.07. The van der Waals surface area contributed by atoms with Gasteiger partial charge in [-0.3, -0.25) is 4.79 Å².